The number of carbonyl (C=O) groups excluding carboxylic acids is 4. The molecule has 1 amide bonds. The van der Waals surface area contributed by atoms with Gasteiger partial charge in [0.15, 0.2) is 5.78 Å². The molecule has 55 heavy (non-hydrogen) atoms. The number of ether oxygens (including phenoxy) is 5. The van der Waals surface area contributed by atoms with E-state index in [-0.39, 0.29) is 49.0 Å². The number of nitrogens with zero attached hydrogens (tertiary/aromatic N) is 1. The lowest BCUT2D eigenvalue weighted by molar-refractivity contribution is -0.302. The van der Waals surface area contributed by atoms with Crippen LogP contribution >= 0.6 is 0 Å². The van der Waals surface area contributed by atoms with Crippen molar-refractivity contribution in [3.05, 3.63) is 35.5 Å². The SMILES string of the molecule is CC[C@@H]1/C=C(\C)C[C@H](C)CC(OC)[C@H]2O[C@@](O)(C(=O)C(=O)N3CCCC[C@H]3C(=O)O[C@H](/C(C)=C/C3CC[C@@H](O)[C@H](OC)C3)[C@H](C)/C=C/C1=O)[C@H](C)C[C@@H]2OC. The maximum Gasteiger partial charge on any atom is 0.329 e. The molecule has 310 valence electrons. The number of piperidine rings is 1. The van der Waals surface area contributed by atoms with Crippen molar-refractivity contribution in [1.82, 2.24) is 4.90 Å². The van der Waals surface area contributed by atoms with Crippen LogP contribution in [-0.2, 0) is 42.9 Å². The predicted octanol–water partition coefficient (Wildman–Crippen LogP) is 5.28. The van der Waals surface area contributed by atoms with Gasteiger partial charge in [0.2, 0.25) is 5.79 Å². The largest absolute Gasteiger partial charge is 0.456 e. The fraction of sp³-hybridized carbons (Fsp3) is 0.767. The summed E-state index contributed by atoms with van der Waals surface area (Å²) in [5.74, 6) is -6.74. The molecule has 2 bridgehead atoms. The Hall–Kier alpha value is -2.74. The number of hydrogen-bond acceptors (Lipinski definition) is 11. The molecule has 2 N–H and O–H groups in total. The van der Waals surface area contributed by atoms with Crippen molar-refractivity contribution in [2.45, 2.75) is 154 Å². The fourth-order valence-corrected chi connectivity index (χ4v) is 9.08. The number of hydrogen-bond donors (Lipinski definition) is 2. The first-order chi connectivity index (χ1) is 26.1. The zero-order chi connectivity index (χ0) is 40.6. The highest BCUT2D eigenvalue weighted by Gasteiger charge is 2.56. The first kappa shape index (κ1) is 45.0. The van der Waals surface area contributed by atoms with Crippen LogP contribution in [0, 0.1) is 29.6 Å². The number of cyclic esters (lactones) is 1. The molecule has 0 aromatic rings. The van der Waals surface area contributed by atoms with Gasteiger partial charge in [-0.3, -0.25) is 14.4 Å². The fourth-order valence-electron chi connectivity index (χ4n) is 9.08. The van der Waals surface area contributed by atoms with Crippen molar-refractivity contribution in [3.8, 4) is 0 Å². The summed E-state index contributed by atoms with van der Waals surface area (Å²) in [6.07, 6.45) is 9.26. The Bertz CT molecular complexity index is 1440. The summed E-state index contributed by atoms with van der Waals surface area (Å²) in [5, 5.41) is 22.4. The lowest BCUT2D eigenvalue weighted by atomic mass is 9.82. The van der Waals surface area contributed by atoms with Crippen LogP contribution in [-0.4, -0.2) is 115 Å². The van der Waals surface area contributed by atoms with Crippen molar-refractivity contribution >= 4 is 23.4 Å². The Kier molecular flexibility index (Phi) is 16.4. The normalized spacial score (nSPS) is 41.0. The monoisotopic (exact) mass is 773 g/mol. The Labute approximate surface area is 328 Å². The predicted molar refractivity (Wildman–Crippen MR) is 207 cm³/mol. The van der Waals surface area contributed by atoms with Crippen LogP contribution < -0.4 is 0 Å². The van der Waals surface area contributed by atoms with Gasteiger partial charge in [0, 0.05) is 45.6 Å². The van der Waals surface area contributed by atoms with Gasteiger partial charge in [-0.15, -0.1) is 0 Å². The zero-order valence-corrected chi connectivity index (χ0v) is 34.5. The molecule has 0 spiro atoms. The molecule has 2 unspecified atom stereocenters. The highest BCUT2D eigenvalue weighted by Crippen LogP contribution is 2.39. The molecule has 12 heteroatoms. The van der Waals surface area contributed by atoms with Crippen molar-refractivity contribution in [2.24, 2.45) is 29.6 Å². The molecule has 2 saturated heterocycles. The van der Waals surface area contributed by atoms with E-state index < -0.39 is 71.8 Å². The van der Waals surface area contributed by atoms with Gasteiger partial charge in [0.25, 0.3) is 11.7 Å². The third kappa shape index (κ3) is 10.8. The number of rotatable bonds is 6. The van der Waals surface area contributed by atoms with Crippen molar-refractivity contribution < 1.29 is 53.1 Å². The number of Topliss-reactive ketones (excluding diaryl/α,β-unsaturated/α-hetero) is 1. The maximum atomic E-state index is 14.2. The number of carbonyl (C=O) groups is 4. The van der Waals surface area contributed by atoms with E-state index in [1.807, 2.05) is 33.8 Å². The van der Waals surface area contributed by atoms with Crippen LogP contribution in [0.4, 0.5) is 0 Å². The molecule has 4 rings (SSSR count). The van der Waals surface area contributed by atoms with E-state index in [9.17, 15) is 29.4 Å². The van der Waals surface area contributed by atoms with E-state index in [1.165, 1.54) is 4.90 Å². The van der Waals surface area contributed by atoms with E-state index >= 15 is 0 Å². The van der Waals surface area contributed by atoms with E-state index in [0.29, 0.717) is 44.9 Å². The van der Waals surface area contributed by atoms with Crippen LogP contribution in [0.1, 0.15) is 106 Å². The summed E-state index contributed by atoms with van der Waals surface area (Å²) in [4.78, 5) is 57.5. The van der Waals surface area contributed by atoms with Crippen LogP contribution in [0.2, 0.25) is 0 Å². The van der Waals surface area contributed by atoms with Gasteiger partial charge in [-0.1, -0.05) is 51.5 Å². The highest BCUT2D eigenvalue weighted by atomic mass is 16.7. The van der Waals surface area contributed by atoms with Crippen molar-refractivity contribution in [1.29, 1.82) is 0 Å². The lowest BCUT2D eigenvalue weighted by Crippen LogP contribution is -2.64. The summed E-state index contributed by atoms with van der Waals surface area (Å²) >= 11 is 0. The molecule has 3 fully saturated rings. The second kappa shape index (κ2) is 20.1. The average Bonchev–Trinajstić information content (AvgIpc) is 3.17. The van der Waals surface area contributed by atoms with E-state index in [1.54, 1.807) is 40.4 Å². The van der Waals surface area contributed by atoms with Crippen LogP contribution in [0.5, 0.6) is 0 Å². The zero-order valence-electron chi connectivity index (χ0n) is 34.5. The summed E-state index contributed by atoms with van der Waals surface area (Å²) in [5.41, 5.74) is 1.82. The molecule has 0 radical (unpaired) electrons. The molecule has 13 atom stereocenters. The van der Waals surface area contributed by atoms with Gasteiger partial charge < -0.3 is 38.8 Å². The Morgan fingerprint density at radius 2 is 1.64 bits per heavy atom. The van der Waals surface area contributed by atoms with E-state index in [0.717, 1.165) is 17.6 Å². The molecule has 0 aromatic carbocycles. The minimum Gasteiger partial charge on any atom is -0.456 e. The molecule has 3 aliphatic heterocycles. The lowest BCUT2D eigenvalue weighted by Gasteiger charge is -2.47. The van der Waals surface area contributed by atoms with Gasteiger partial charge in [-0.05, 0) is 102 Å². The van der Waals surface area contributed by atoms with E-state index in [4.69, 9.17) is 23.7 Å². The quantitative estimate of drug-likeness (QED) is 0.206. The minimum absolute atomic E-state index is 0.0487. The summed E-state index contributed by atoms with van der Waals surface area (Å²) in [7, 11) is 4.68. The Morgan fingerprint density at radius 1 is 0.964 bits per heavy atom. The first-order valence-corrected chi connectivity index (χ1v) is 20.4. The molecule has 1 saturated carbocycles. The van der Waals surface area contributed by atoms with Gasteiger partial charge in [0.05, 0.1) is 24.4 Å². The number of amides is 1. The second-order valence-electron chi connectivity index (χ2n) is 16.7. The van der Waals surface area contributed by atoms with E-state index in [2.05, 4.69) is 13.0 Å². The molecule has 0 aromatic heterocycles. The number of aliphatic hydroxyl groups excluding tert-OH is 1. The third-order valence-electron chi connectivity index (χ3n) is 12.4. The minimum atomic E-state index is -2.47. The molecular weight excluding hydrogens is 706 g/mol. The van der Waals surface area contributed by atoms with Crippen LogP contribution in [0.15, 0.2) is 35.5 Å². The Balaban J connectivity index is 1.76. The smallest absolute Gasteiger partial charge is 0.329 e. The third-order valence-corrected chi connectivity index (χ3v) is 12.4. The van der Waals surface area contributed by atoms with Gasteiger partial charge in [-0.25, -0.2) is 4.79 Å². The van der Waals surface area contributed by atoms with Gasteiger partial charge in [-0.2, -0.15) is 0 Å². The number of fused-ring (bicyclic) bond motifs is 3. The van der Waals surface area contributed by atoms with Gasteiger partial charge >= 0.3 is 5.97 Å². The first-order valence-electron chi connectivity index (χ1n) is 20.4. The van der Waals surface area contributed by atoms with Gasteiger partial charge in [0.1, 0.15) is 18.2 Å². The van der Waals surface area contributed by atoms with Crippen LogP contribution in [0.3, 0.4) is 0 Å². The molecular formula is C43H67NO11. The molecule has 4 aliphatic rings. The van der Waals surface area contributed by atoms with Crippen molar-refractivity contribution in [2.75, 3.05) is 27.9 Å². The average molecular weight is 774 g/mol. The highest BCUT2D eigenvalue weighted by molar-refractivity contribution is 6.39. The molecule has 1 aliphatic carbocycles. The topological polar surface area (TPSA) is 158 Å². The summed E-state index contributed by atoms with van der Waals surface area (Å²) in [6.45, 7) is 11.6. The second-order valence-corrected chi connectivity index (χ2v) is 16.7. The number of ketones is 2. The number of methoxy groups -OCH3 is 3. The Morgan fingerprint density at radius 3 is 2.29 bits per heavy atom. The summed E-state index contributed by atoms with van der Waals surface area (Å²) in [6, 6.07) is -1.06. The number of allylic oxidation sites excluding steroid dienone is 4. The number of aliphatic hydroxyl groups is 2. The number of esters is 1. The standard InChI is InChI=1S/C43H67NO11/c1-10-31-20-25(2)19-26(3)21-36(52-8)39-37(53-9)23-29(6)43(50,55-39)40(47)41(48)44-18-12-11-13-32(44)42(49)54-38(27(4)14-16-33(31)45)28(5)22-30-15-17-34(46)35(24-30)51-7/h14,16,20,22,26-27,29-32,34-39,46,50H,10-13,15,17-19,21,23-24H2,1-9H3/b16-14+,25-20+,28-22+/t26-,27+,29+,30?,31+,32-,34+,35+,36?,37-,38-,39+,43+/m0/s1. The maximum absolute atomic E-state index is 14.2. The van der Waals surface area contributed by atoms with Crippen molar-refractivity contribution in [3.63, 3.8) is 0 Å². The van der Waals surface area contributed by atoms with Crippen LogP contribution in [0.25, 0.3) is 0 Å². The molecule has 3 heterocycles. The molecule has 12 nitrogen and oxygen atoms in total. The summed E-state index contributed by atoms with van der Waals surface area (Å²) < 4.78 is 29.8.